The van der Waals surface area contributed by atoms with Crippen LogP contribution in [0.25, 0.3) is 0 Å². The van der Waals surface area contributed by atoms with Crippen molar-refractivity contribution in [3.05, 3.63) is 0 Å². The normalized spacial score (nSPS) is 31.3. The molecule has 0 aromatic carbocycles. The first-order chi connectivity index (χ1) is 3.43. The first-order valence-corrected chi connectivity index (χ1v) is 2.63. The molecule has 2 heteroatoms. The van der Waals surface area contributed by atoms with Crippen LogP contribution in [0.15, 0.2) is 0 Å². The molecule has 0 aromatic rings. The van der Waals surface area contributed by atoms with Crippen LogP contribution in [0.2, 0.25) is 0 Å². The van der Waals surface area contributed by atoms with E-state index in [1.54, 1.807) is 0 Å². The predicted molar refractivity (Wildman–Crippen MR) is 24.5 cm³/mol. The largest absolute Gasteiger partial charge is 0.376 e. The average Bonchev–Trinajstić information content (AvgIpc) is 2.14. The Morgan fingerprint density at radius 1 is 1.71 bits per heavy atom. The van der Waals surface area contributed by atoms with Crippen molar-refractivity contribution in [1.29, 1.82) is 0 Å². The number of rotatable bonds is 1. The van der Waals surface area contributed by atoms with Crippen molar-refractivity contribution in [2.75, 3.05) is 13.2 Å². The predicted octanol–water partition coefficient (Wildman–Crippen LogP) is 0.596. The smallest absolute Gasteiger partial charge is 0.108 e. The average molecular weight is 101 g/mol. The van der Waals surface area contributed by atoms with E-state index in [-0.39, 0.29) is 12.7 Å². The van der Waals surface area contributed by atoms with E-state index in [1.807, 2.05) is 0 Å². The third kappa shape index (κ3) is 1.14. The zero-order valence-corrected chi connectivity index (χ0v) is 4.22. The Kier molecular flexibility index (Phi) is 1.65. The lowest BCUT2D eigenvalue weighted by molar-refractivity contribution is 0.0302. The highest BCUT2D eigenvalue weighted by molar-refractivity contribution is 4.61. The molecule has 2 nitrogen and oxygen atoms in total. The van der Waals surface area contributed by atoms with Crippen LogP contribution in [0.1, 0.15) is 12.8 Å². The van der Waals surface area contributed by atoms with Crippen molar-refractivity contribution < 1.29 is 9.84 Å². The zero-order valence-electron chi connectivity index (χ0n) is 4.22. The van der Waals surface area contributed by atoms with E-state index in [0.717, 1.165) is 19.4 Å². The maximum atomic E-state index is 10.0. The molecule has 1 fully saturated rings. The molecule has 0 unspecified atom stereocenters. The van der Waals surface area contributed by atoms with Crippen molar-refractivity contribution in [3.8, 4) is 0 Å². The van der Waals surface area contributed by atoms with Gasteiger partial charge in [-0.25, -0.2) is 5.11 Å². The fourth-order valence-electron chi connectivity index (χ4n) is 0.776. The lowest BCUT2D eigenvalue weighted by Crippen LogP contribution is -2.08. The minimum Gasteiger partial charge on any atom is -0.376 e. The quantitative estimate of drug-likeness (QED) is 0.475. The summed E-state index contributed by atoms with van der Waals surface area (Å²) in [5.41, 5.74) is 0. The molecule has 41 valence electrons. The molecule has 1 rings (SSSR count). The molecule has 1 radical (unpaired) electrons. The Morgan fingerprint density at radius 2 is 2.57 bits per heavy atom. The molecular formula is C5H9O2. The van der Waals surface area contributed by atoms with Crippen molar-refractivity contribution in [1.82, 2.24) is 0 Å². The van der Waals surface area contributed by atoms with Crippen LogP contribution < -0.4 is 0 Å². The number of hydrogen-bond donors (Lipinski definition) is 0. The van der Waals surface area contributed by atoms with E-state index in [2.05, 4.69) is 0 Å². The molecule has 0 N–H and O–H groups in total. The minimum atomic E-state index is -0.0556. The van der Waals surface area contributed by atoms with Crippen LogP contribution in [0, 0.1) is 0 Å². The van der Waals surface area contributed by atoms with Gasteiger partial charge in [-0.2, -0.15) is 0 Å². The van der Waals surface area contributed by atoms with Crippen LogP contribution in [0.5, 0.6) is 0 Å². The Labute approximate surface area is 43.1 Å². The summed E-state index contributed by atoms with van der Waals surface area (Å²) in [6.07, 6.45) is 2.09. The van der Waals surface area contributed by atoms with Gasteiger partial charge in [0.25, 0.3) is 0 Å². The molecule has 1 aliphatic heterocycles. The Bertz CT molecular complexity index is 48.0. The molecule has 1 saturated heterocycles. The molecular weight excluding hydrogens is 92.1 g/mol. The first-order valence-electron chi connectivity index (χ1n) is 2.63. The van der Waals surface area contributed by atoms with E-state index < -0.39 is 0 Å². The number of hydrogen-bond acceptors (Lipinski definition) is 1. The van der Waals surface area contributed by atoms with E-state index >= 15 is 0 Å². The van der Waals surface area contributed by atoms with Gasteiger partial charge in [-0.1, -0.05) is 0 Å². The van der Waals surface area contributed by atoms with Crippen LogP contribution in [0.3, 0.4) is 0 Å². The molecule has 0 amide bonds. The van der Waals surface area contributed by atoms with Gasteiger partial charge in [0, 0.05) is 6.61 Å². The van der Waals surface area contributed by atoms with Gasteiger partial charge in [0.15, 0.2) is 0 Å². The van der Waals surface area contributed by atoms with Gasteiger partial charge < -0.3 is 4.74 Å². The summed E-state index contributed by atoms with van der Waals surface area (Å²) in [7, 11) is 0. The monoisotopic (exact) mass is 101 g/mol. The summed E-state index contributed by atoms with van der Waals surface area (Å²) in [6, 6.07) is 0. The third-order valence-electron chi connectivity index (χ3n) is 1.21. The van der Waals surface area contributed by atoms with E-state index in [0.29, 0.717) is 0 Å². The van der Waals surface area contributed by atoms with E-state index in [4.69, 9.17) is 4.74 Å². The second-order valence-electron chi connectivity index (χ2n) is 1.80. The summed E-state index contributed by atoms with van der Waals surface area (Å²) in [5.74, 6) is 0. The molecule has 0 bridgehead atoms. The van der Waals surface area contributed by atoms with Gasteiger partial charge >= 0.3 is 0 Å². The maximum Gasteiger partial charge on any atom is 0.108 e. The van der Waals surface area contributed by atoms with Crippen LogP contribution in [-0.2, 0) is 9.84 Å². The fraction of sp³-hybridized carbons (Fsp3) is 1.00. The van der Waals surface area contributed by atoms with Crippen molar-refractivity contribution in [2.45, 2.75) is 18.9 Å². The van der Waals surface area contributed by atoms with Gasteiger partial charge in [0.1, 0.15) is 6.61 Å². The van der Waals surface area contributed by atoms with Crippen LogP contribution in [-0.4, -0.2) is 19.3 Å². The Hall–Kier alpha value is -0.0800. The lowest BCUT2D eigenvalue weighted by Gasteiger charge is -1.98. The van der Waals surface area contributed by atoms with Crippen molar-refractivity contribution in [2.24, 2.45) is 0 Å². The highest BCUT2D eigenvalue weighted by Gasteiger charge is 2.13. The van der Waals surface area contributed by atoms with Gasteiger partial charge in [-0.3, -0.25) is 0 Å². The highest BCUT2D eigenvalue weighted by atomic mass is 16.5. The summed E-state index contributed by atoms with van der Waals surface area (Å²) in [6.45, 7) is 0.743. The maximum absolute atomic E-state index is 10.0. The molecule has 7 heavy (non-hydrogen) atoms. The van der Waals surface area contributed by atoms with Crippen LogP contribution in [0.4, 0.5) is 0 Å². The molecule has 0 aromatic heterocycles. The van der Waals surface area contributed by atoms with Gasteiger partial charge in [-0.05, 0) is 12.8 Å². The highest BCUT2D eigenvalue weighted by Crippen LogP contribution is 2.09. The van der Waals surface area contributed by atoms with Crippen molar-refractivity contribution >= 4 is 0 Å². The SMILES string of the molecule is [O]C[C@@H]1CCCO1. The zero-order chi connectivity index (χ0) is 5.11. The van der Waals surface area contributed by atoms with Gasteiger partial charge in [-0.15, -0.1) is 0 Å². The molecule has 1 atom stereocenters. The lowest BCUT2D eigenvalue weighted by atomic mass is 10.2. The summed E-state index contributed by atoms with van der Waals surface area (Å²) in [5, 5.41) is 10.0. The summed E-state index contributed by atoms with van der Waals surface area (Å²) >= 11 is 0. The third-order valence-corrected chi connectivity index (χ3v) is 1.21. The van der Waals surface area contributed by atoms with Gasteiger partial charge in [0.2, 0.25) is 0 Å². The molecule has 0 spiro atoms. The fourth-order valence-corrected chi connectivity index (χ4v) is 0.776. The first kappa shape index (κ1) is 5.06. The standard InChI is InChI=1S/C5H9O2/c6-4-5-2-1-3-7-5/h5H,1-4H2/t5-/m0/s1. The van der Waals surface area contributed by atoms with E-state index in [1.165, 1.54) is 0 Å². The van der Waals surface area contributed by atoms with Gasteiger partial charge in [0.05, 0.1) is 6.10 Å². The second-order valence-corrected chi connectivity index (χ2v) is 1.80. The Morgan fingerprint density at radius 3 is 2.86 bits per heavy atom. The van der Waals surface area contributed by atoms with Crippen LogP contribution >= 0.6 is 0 Å². The van der Waals surface area contributed by atoms with Crippen molar-refractivity contribution in [3.63, 3.8) is 0 Å². The van der Waals surface area contributed by atoms with E-state index in [9.17, 15) is 5.11 Å². The topological polar surface area (TPSA) is 29.1 Å². The molecule has 0 aliphatic carbocycles. The minimum absolute atomic E-state index is 0.0417. The number of ether oxygens (including phenoxy) is 1. The molecule has 1 heterocycles. The second kappa shape index (κ2) is 2.28. The molecule has 1 aliphatic rings. The Balaban J connectivity index is 2.14. The summed E-state index contributed by atoms with van der Waals surface area (Å²) in [4.78, 5) is 0. The summed E-state index contributed by atoms with van der Waals surface area (Å²) < 4.78 is 4.99. The molecule has 0 saturated carbocycles.